The third kappa shape index (κ3) is 7.45. The second-order valence-corrected chi connectivity index (χ2v) is 7.59. The summed E-state index contributed by atoms with van der Waals surface area (Å²) in [4.78, 5) is 26.4. The van der Waals surface area contributed by atoms with Crippen LogP contribution >= 0.6 is 0 Å². The first-order valence-electron chi connectivity index (χ1n) is 9.96. The Morgan fingerprint density at radius 1 is 1.07 bits per heavy atom. The van der Waals surface area contributed by atoms with Crippen molar-refractivity contribution >= 4 is 17.6 Å². The molecule has 2 aromatic carbocycles. The van der Waals surface area contributed by atoms with Crippen LogP contribution in [0.1, 0.15) is 30.5 Å². The number of urea groups is 1. The average Bonchev–Trinajstić information content (AvgIpc) is 2.69. The van der Waals surface area contributed by atoms with Gasteiger partial charge in [-0.15, -0.1) is 6.58 Å². The molecular weight excluding hydrogens is 362 g/mol. The van der Waals surface area contributed by atoms with Gasteiger partial charge in [0.25, 0.3) is 0 Å². The molecule has 2 N–H and O–H groups in total. The highest BCUT2D eigenvalue weighted by atomic mass is 16.2. The Bertz CT molecular complexity index is 828. The van der Waals surface area contributed by atoms with Crippen molar-refractivity contribution in [3.63, 3.8) is 0 Å². The molecule has 0 saturated heterocycles. The van der Waals surface area contributed by atoms with Crippen molar-refractivity contribution in [3.05, 3.63) is 77.9 Å². The molecule has 0 unspecified atom stereocenters. The summed E-state index contributed by atoms with van der Waals surface area (Å²) in [5.41, 5.74) is 3.89. The Labute approximate surface area is 173 Å². The molecule has 5 nitrogen and oxygen atoms in total. The Balaban J connectivity index is 2.14. The molecule has 2 rings (SSSR count). The molecule has 0 fully saturated rings. The lowest BCUT2D eigenvalue weighted by atomic mass is 10.1. The summed E-state index contributed by atoms with van der Waals surface area (Å²) in [6.45, 7) is 11.3. The molecule has 0 saturated carbocycles. The normalized spacial score (nSPS) is 10.5. The molecule has 3 amide bonds. The van der Waals surface area contributed by atoms with Crippen LogP contribution in [0.15, 0.2) is 61.2 Å². The largest absolute Gasteiger partial charge is 0.356 e. The van der Waals surface area contributed by atoms with Gasteiger partial charge < -0.3 is 10.6 Å². The van der Waals surface area contributed by atoms with Gasteiger partial charge in [-0.2, -0.15) is 0 Å². The van der Waals surface area contributed by atoms with Crippen LogP contribution in [-0.2, 0) is 17.8 Å². The van der Waals surface area contributed by atoms with E-state index in [1.54, 1.807) is 11.0 Å². The second kappa shape index (κ2) is 11.1. The van der Waals surface area contributed by atoms with E-state index in [4.69, 9.17) is 0 Å². The fourth-order valence-electron chi connectivity index (χ4n) is 2.89. The molecule has 0 spiro atoms. The highest BCUT2D eigenvalue weighted by Gasteiger charge is 2.16. The first-order chi connectivity index (χ1) is 13.9. The minimum absolute atomic E-state index is 0.00629. The Hall–Kier alpha value is -3.08. The summed E-state index contributed by atoms with van der Waals surface area (Å²) in [6.07, 6.45) is 1.98. The van der Waals surface area contributed by atoms with Crippen molar-refractivity contribution in [2.45, 2.75) is 33.7 Å². The van der Waals surface area contributed by atoms with Gasteiger partial charge in [-0.1, -0.05) is 61.9 Å². The predicted octanol–water partition coefficient (Wildman–Crippen LogP) is 4.21. The van der Waals surface area contributed by atoms with Gasteiger partial charge in [-0.05, 0) is 36.1 Å². The average molecular weight is 394 g/mol. The van der Waals surface area contributed by atoms with E-state index in [9.17, 15) is 9.59 Å². The summed E-state index contributed by atoms with van der Waals surface area (Å²) in [5, 5.41) is 5.77. The lowest BCUT2D eigenvalue weighted by Gasteiger charge is -2.23. The molecule has 154 valence electrons. The van der Waals surface area contributed by atoms with Crippen molar-refractivity contribution in [3.8, 4) is 0 Å². The number of anilines is 1. The molecule has 5 heteroatoms. The fraction of sp³-hybridized carbons (Fsp3) is 0.333. The molecule has 0 aliphatic rings. The molecule has 0 aromatic heterocycles. The van der Waals surface area contributed by atoms with Crippen molar-refractivity contribution in [1.29, 1.82) is 0 Å². The van der Waals surface area contributed by atoms with Crippen LogP contribution in [0.5, 0.6) is 0 Å². The van der Waals surface area contributed by atoms with Gasteiger partial charge in [0.2, 0.25) is 5.91 Å². The zero-order valence-corrected chi connectivity index (χ0v) is 17.6. The topological polar surface area (TPSA) is 61.4 Å². The number of hydrogen-bond acceptors (Lipinski definition) is 2. The number of aryl methyl sites for hydroxylation is 1. The van der Waals surface area contributed by atoms with Crippen molar-refractivity contribution < 1.29 is 9.59 Å². The Kier molecular flexibility index (Phi) is 8.46. The van der Waals surface area contributed by atoms with Crippen LogP contribution in [0.2, 0.25) is 0 Å². The molecule has 0 aliphatic heterocycles. The van der Waals surface area contributed by atoms with Crippen LogP contribution < -0.4 is 15.5 Å². The van der Waals surface area contributed by atoms with Crippen LogP contribution in [0.3, 0.4) is 0 Å². The maximum Gasteiger partial charge on any atom is 0.322 e. The van der Waals surface area contributed by atoms with Crippen LogP contribution in [-0.4, -0.2) is 25.0 Å². The van der Waals surface area contributed by atoms with E-state index in [-0.39, 0.29) is 11.9 Å². The molecule has 29 heavy (non-hydrogen) atoms. The number of amides is 3. The lowest BCUT2D eigenvalue weighted by Crippen LogP contribution is -2.39. The number of nitrogens with one attached hydrogen (secondary N) is 2. The monoisotopic (exact) mass is 393 g/mol. The Morgan fingerprint density at radius 3 is 2.41 bits per heavy atom. The van der Waals surface area contributed by atoms with Gasteiger partial charge in [-0.25, -0.2) is 4.79 Å². The highest BCUT2D eigenvalue weighted by molar-refractivity contribution is 5.92. The van der Waals surface area contributed by atoms with E-state index in [2.05, 4.69) is 37.1 Å². The molecule has 0 bridgehead atoms. The lowest BCUT2D eigenvalue weighted by molar-refractivity contribution is -0.120. The zero-order valence-electron chi connectivity index (χ0n) is 17.6. The first-order valence-corrected chi connectivity index (χ1v) is 9.96. The zero-order chi connectivity index (χ0) is 21.2. The van der Waals surface area contributed by atoms with Gasteiger partial charge in [0.1, 0.15) is 0 Å². The number of carbonyl (C=O) groups excluding carboxylic acids is 2. The summed E-state index contributed by atoms with van der Waals surface area (Å²) < 4.78 is 0. The second-order valence-electron chi connectivity index (χ2n) is 7.59. The summed E-state index contributed by atoms with van der Waals surface area (Å²) >= 11 is 0. The van der Waals surface area contributed by atoms with E-state index >= 15 is 0 Å². The molecule has 0 heterocycles. The molecule has 2 aromatic rings. The van der Waals surface area contributed by atoms with Crippen LogP contribution in [0.25, 0.3) is 0 Å². The summed E-state index contributed by atoms with van der Waals surface area (Å²) in [7, 11) is 0. The number of carbonyl (C=O) groups is 2. The molecule has 0 aliphatic carbocycles. The van der Waals surface area contributed by atoms with Gasteiger partial charge in [0.15, 0.2) is 0 Å². The fourth-order valence-corrected chi connectivity index (χ4v) is 2.89. The number of nitrogens with zero attached hydrogens (tertiary/aromatic N) is 1. The van der Waals surface area contributed by atoms with E-state index in [1.165, 1.54) is 0 Å². The summed E-state index contributed by atoms with van der Waals surface area (Å²) in [5.74, 6) is 0.428. The van der Waals surface area contributed by atoms with Crippen molar-refractivity contribution in [1.82, 2.24) is 10.6 Å². The minimum atomic E-state index is -0.186. The van der Waals surface area contributed by atoms with E-state index in [1.807, 2.05) is 49.4 Å². The third-order valence-corrected chi connectivity index (χ3v) is 4.39. The maximum absolute atomic E-state index is 12.7. The number of hydrogen-bond donors (Lipinski definition) is 2. The smallest absolute Gasteiger partial charge is 0.322 e. The third-order valence-electron chi connectivity index (χ3n) is 4.39. The predicted molar refractivity (Wildman–Crippen MR) is 119 cm³/mol. The number of rotatable bonds is 9. The van der Waals surface area contributed by atoms with Gasteiger partial charge in [0, 0.05) is 18.8 Å². The Morgan fingerprint density at radius 2 is 1.79 bits per heavy atom. The summed E-state index contributed by atoms with van der Waals surface area (Å²) in [6, 6.07) is 15.5. The molecule has 0 radical (unpaired) electrons. The van der Waals surface area contributed by atoms with Crippen LogP contribution in [0, 0.1) is 12.8 Å². The standard InChI is InChI=1S/C24H31N3O2/c1-5-13-25-24(29)27(17-21-8-6-7-19(4)14-21)22-11-9-20(10-12-22)15-23(28)26-16-18(2)3/h5-12,14,18H,1,13,15-17H2,2-4H3,(H,25,29)(H,26,28). The molecule has 0 atom stereocenters. The first kappa shape index (κ1) is 22.2. The van der Waals surface area contributed by atoms with Crippen molar-refractivity contribution in [2.75, 3.05) is 18.0 Å². The number of benzene rings is 2. The van der Waals surface area contributed by atoms with Crippen molar-refractivity contribution in [2.24, 2.45) is 5.92 Å². The highest BCUT2D eigenvalue weighted by Crippen LogP contribution is 2.19. The molecular formula is C24H31N3O2. The van der Waals surface area contributed by atoms with Crippen LogP contribution in [0.4, 0.5) is 10.5 Å². The van der Waals surface area contributed by atoms with Gasteiger partial charge >= 0.3 is 6.03 Å². The van der Waals surface area contributed by atoms with E-state index < -0.39 is 0 Å². The maximum atomic E-state index is 12.7. The van der Waals surface area contributed by atoms with Gasteiger partial charge in [0.05, 0.1) is 13.0 Å². The van der Waals surface area contributed by atoms with E-state index in [0.29, 0.717) is 32.0 Å². The SMILES string of the molecule is C=CCNC(=O)N(Cc1cccc(C)c1)c1ccc(CC(=O)NCC(C)C)cc1. The van der Waals surface area contributed by atoms with Gasteiger partial charge in [-0.3, -0.25) is 9.69 Å². The quantitative estimate of drug-likeness (QED) is 0.627. The van der Waals surface area contributed by atoms with E-state index in [0.717, 1.165) is 22.4 Å². The minimum Gasteiger partial charge on any atom is -0.356 e.